The molecule has 2 aromatic rings. The molecule has 1 aliphatic rings. The number of thioether (sulfide) groups is 1. The molecule has 1 saturated heterocycles. The molecule has 5 nitrogen and oxygen atoms in total. The number of hydrogen-bond donors (Lipinski definition) is 1. The Bertz CT molecular complexity index is 938. The minimum absolute atomic E-state index is 0.101. The first-order valence-electron chi connectivity index (χ1n) is 9.22. The molecule has 150 valence electrons. The van der Waals surface area contributed by atoms with Gasteiger partial charge in [-0.15, -0.1) is 0 Å². The Labute approximate surface area is 180 Å². The van der Waals surface area contributed by atoms with Gasteiger partial charge in [-0.25, -0.2) is 0 Å². The van der Waals surface area contributed by atoms with Crippen LogP contribution >= 0.6 is 24.0 Å². The third-order valence-corrected chi connectivity index (χ3v) is 5.79. The van der Waals surface area contributed by atoms with Crippen LogP contribution < -0.4 is 10.1 Å². The van der Waals surface area contributed by atoms with Gasteiger partial charge in [0.05, 0.1) is 12.0 Å². The zero-order valence-corrected chi connectivity index (χ0v) is 17.9. The highest BCUT2D eigenvalue weighted by Gasteiger charge is 2.31. The summed E-state index contributed by atoms with van der Waals surface area (Å²) in [6.45, 7) is 2.44. The average Bonchev–Trinajstić information content (AvgIpc) is 2.97. The summed E-state index contributed by atoms with van der Waals surface area (Å²) in [6, 6.07) is 15.1. The number of benzene rings is 2. The number of ether oxygens (including phenoxy) is 1. The van der Waals surface area contributed by atoms with Crippen molar-refractivity contribution in [2.75, 3.05) is 19.0 Å². The van der Waals surface area contributed by atoms with E-state index in [0.29, 0.717) is 34.3 Å². The molecule has 0 spiro atoms. The first-order valence-corrected chi connectivity index (χ1v) is 10.4. The number of nitrogens with one attached hydrogen (secondary N) is 1. The van der Waals surface area contributed by atoms with Crippen LogP contribution in [-0.4, -0.2) is 34.7 Å². The van der Waals surface area contributed by atoms with Crippen molar-refractivity contribution < 1.29 is 14.3 Å². The van der Waals surface area contributed by atoms with Crippen LogP contribution in [0.5, 0.6) is 5.75 Å². The van der Waals surface area contributed by atoms with E-state index in [0.717, 1.165) is 11.3 Å². The second-order valence-electron chi connectivity index (χ2n) is 6.62. The fourth-order valence-corrected chi connectivity index (χ4v) is 4.11. The number of rotatable bonds is 7. The fourth-order valence-electron chi connectivity index (χ4n) is 2.80. The summed E-state index contributed by atoms with van der Waals surface area (Å²) >= 11 is 6.66. The maximum Gasteiger partial charge on any atom is 0.266 e. The summed E-state index contributed by atoms with van der Waals surface area (Å²) in [6.07, 6.45) is 2.70. The van der Waals surface area contributed by atoms with E-state index in [1.807, 2.05) is 37.3 Å². The summed E-state index contributed by atoms with van der Waals surface area (Å²) in [5, 5.41) is 2.84. The van der Waals surface area contributed by atoms with E-state index >= 15 is 0 Å². The van der Waals surface area contributed by atoms with E-state index in [9.17, 15) is 9.59 Å². The quantitative estimate of drug-likeness (QED) is 0.517. The summed E-state index contributed by atoms with van der Waals surface area (Å²) in [7, 11) is 1.59. The standard InChI is InChI=1S/C22H22N2O3S2/c1-15-5-7-16(8-6-15)14-19-21(26)24(22(28)29-19)13-3-4-20(25)23-17-9-11-18(27-2)12-10-17/h5-12,14H,3-4,13H2,1-2H3,(H,23,25)/b19-14+. The normalized spacial score (nSPS) is 15.1. The van der Waals surface area contributed by atoms with Crippen LogP contribution in [0.1, 0.15) is 24.0 Å². The van der Waals surface area contributed by atoms with Crippen molar-refractivity contribution in [3.05, 3.63) is 64.6 Å². The molecule has 0 atom stereocenters. The molecule has 7 heteroatoms. The van der Waals surface area contributed by atoms with Gasteiger partial charge in [0.1, 0.15) is 10.1 Å². The third-order valence-electron chi connectivity index (χ3n) is 4.41. The Morgan fingerprint density at radius 1 is 1.17 bits per heavy atom. The van der Waals surface area contributed by atoms with Gasteiger partial charge in [0.2, 0.25) is 5.91 Å². The molecule has 0 saturated carbocycles. The van der Waals surface area contributed by atoms with Crippen molar-refractivity contribution in [1.29, 1.82) is 0 Å². The van der Waals surface area contributed by atoms with Crippen LogP contribution in [0, 0.1) is 6.92 Å². The van der Waals surface area contributed by atoms with Gasteiger partial charge in [0.25, 0.3) is 5.91 Å². The van der Waals surface area contributed by atoms with Crippen LogP contribution in [0.2, 0.25) is 0 Å². The maximum absolute atomic E-state index is 12.7. The van der Waals surface area contributed by atoms with Crippen LogP contribution in [0.15, 0.2) is 53.4 Å². The van der Waals surface area contributed by atoms with Gasteiger partial charge in [-0.1, -0.05) is 53.8 Å². The molecule has 0 aliphatic carbocycles. The number of carbonyl (C=O) groups is 2. The zero-order chi connectivity index (χ0) is 20.8. The highest BCUT2D eigenvalue weighted by molar-refractivity contribution is 8.26. The Morgan fingerprint density at radius 2 is 1.86 bits per heavy atom. The SMILES string of the molecule is COc1ccc(NC(=O)CCCN2C(=O)/C(=C\c3ccc(C)cc3)SC2=S)cc1. The summed E-state index contributed by atoms with van der Waals surface area (Å²) in [5.74, 6) is 0.531. The topological polar surface area (TPSA) is 58.6 Å². The molecule has 1 N–H and O–H groups in total. The number of carbonyl (C=O) groups excluding carboxylic acids is 2. The highest BCUT2D eigenvalue weighted by atomic mass is 32.2. The van der Waals surface area contributed by atoms with Crippen molar-refractivity contribution in [1.82, 2.24) is 4.90 Å². The molecule has 0 aromatic heterocycles. The van der Waals surface area contributed by atoms with E-state index in [2.05, 4.69) is 5.32 Å². The van der Waals surface area contributed by atoms with Crippen molar-refractivity contribution in [3.8, 4) is 5.75 Å². The molecule has 0 radical (unpaired) electrons. The van der Waals surface area contributed by atoms with E-state index in [1.54, 1.807) is 36.3 Å². The van der Waals surface area contributed by atoms with Gasteiger partial charge in [0.15, 0.2) is 0 Å². The lowest BCUT2D eigenvalue weighted by Gasteiger charge is -2.14. The maximum atomic E-state index is 12.7. The summed E-state index contributed by atoms with van der Waals surface area (Å²) in [4.78, 5) is 27.0. The van der Waals surface area contributed by atoms with E-state index in [4.69, 9.17) is 17.0 Å². The van der Waals surface area contributed by atoms with Crippen LogP contribution in [-0.2, 0) is 9.59 Å². The third kappa shape index (κ3) is 5.68. The number of anilines is 1. The van der Waals surface area contributed by atoms with Gasteiger partial charge in [-0.05, 0) is 49.2 Å². The Morgan fingerprint density at radius 3 is 2.52 bits per heavy atom. The van der Waals surface area contributed by atoms with Crippen molar-refractivity contribution in [3.63, 3.8) is 0 Å². The fraction of sp³-hybridized carbons (Fsp3) is 0.227. The van der Waals surface area contributed by atoms with Crippen molar-refractivity contribution in [2.24, 2.45) is 0 Å². The minimum Gasteiger partial charge on any atom is -0.497 e. The number of thiocarbonyl (C=S) groups is 1. The first kappa shape index (κ1) is 21.1. The smallest absolute Gasteiger partial charge is 0.266 e. The molecule has 1 aliphatic heterocycles. The van der Waals surface area contributed by atoms with Crippen LogP contribution in [0.3, 0.4) is 0 Å². The lowest BCUT2D eigenvalue weighted by Crippen LogP contribution is -2.29. The zero-order valence-electron chi connectivity index (χ0n) is 16.3. The van der Waals surface area contributed by atoms with E-state index < -0.39 is 0 Å². The predicted octanol–water partition coefficient (Wildman–Crippen LogP) is 4.62. The molecule has 1 fully saturated rings. The van der Waals surface area contributed by atoms with Crippen molar-refractivity contribution in [2.45, 2.75) is 19.8 Å². The van der Waals surface area contributed by atoms with Gasteiger partial charge < -0.3 is 10.1 Å². The number of nitrogens with zero attached hydrogens (tertiary/aromatic N) is 1. The Balaban J connectivity index is 1.51. The summed E-state index contributed by atoms with van der Waals surface area (Å²) in [5.41, 5.74) is 2.85. The van der Waals surface area contributed by atoms with Gasteiger partial charge in [-0.2, -0.15) is 0 Å². The Kier molecular flexibility index (Phi) is 7.06. The monoisotopic (exact) mass is 426 g/mol. The van der Waals surface area contributed by atoms with E-state index in [-0.39, 0.29) is 11.8 Å². The second kappa shape index (κ2) is 9.71. The lowest BCUT2D eigenvalue weighted by atomic mass is 10.1. The number of amides is 2. The molecule has 1 heterocycles. The van der Waals surface area contributed by atoms with Gasteiger partial charge in [-0.3, -0.25) is 14.5 Å². The number of methoxy groups -OCH3 is 1. The largest absolute Gasteiger partial charge is 0.497 e. The van der Waals surface area contributed by atoms with Crippen molar-refractivity contribution >= 4 is 51.9 Å². The Hall–Kier alpha value is -2.64. The minimum atomic E-state index is -0.101. The molecule has 0 bridgehead atoms. The number of aryl methyl sites for hydroxylation is 1. The molecule has 0 unspecified atom stereocenters. The summed E-state index contributed by atoms with van der Waals surface area (Å²) < 4.78 is 5.63. The average molecular weight is 427 g/mol. The molecule has 2 aromatic carbocycles. The second-order valence-corrected chi connectivity index (χ2v) is 8.30. The van der Waals surface area contributed by atoms with Gasteiger partial charge >= 0.3 is 0 Å². The van der Waals surface area contributed by atoms with Crippen LogP contribution in [0.25, 0.3) is 6.08 Å². The predicted molar refractivity (Wildman–Crippen MR) is 122 cm³/mol. The molecule has 2 amide bonds. The molecular weight excluding hydrogens is 404 g/mol. The molecule has 29 heavy (non-hydrogen) atoms. The first-order chi connectivity index (χ1) is 14.0. The lowest BCUT2D eigenvalue weighted by molar-refractivity contribution is -0.122. The highest BCUT2D eigenvalue weighted by Crippen LogP contribution is 2.32. The van der Waals surface area contributed by atoms with E-state index in [1.165, 1.54) is 17.3 Å². The number of hydrogen-bond acceptors (Lipinski definition) is 5. The molecule has 3 rings (SSSR count). The van der Waals surface area contributed by atoms with Crippen LogP contribution in [0.4, 0.5) is 5.69 Å². The van der Waals surface area contributed by atoms with Gasteiger partial charge in [0, 0.05) is 18.7 Å². The molecular formula is C22H22N2O3S2.